The van der Waals surface area contributed by atoms with Crippen LogP contribution in [-0.2, 0) is 20.8 Å². The van der Waals surface area contributed by atoms with Crippen LogP contribution in [0.15, 0.2) is 22.8 Å². The van der Waals surface area contributed by atoms with Gasteiger partial charge in [-0.2, -0.15) is 0 Å². The van der Waals surface area contributed by atoms with E-state index in [9.17, 15) is 14.7 Å². The number of carboxylic acid groups (broad SMARTS) is 1. The number of piperidine rings is 1. The van der Waals surface area contributed by atoms with E-state index in [1.807, 2.05) is 24.8 Å². The van der Waals surface area contributed by atoms with Crippen LogP contribution < -0.4 is 5.32 Å². The number of nitrogens with one attached hydrogen (secondary N) is 1. The zero-order valence-corrected chi connectivity index (χ0v) is 18.6. The van der Waals surface area contributed by atoms with Gasteiger partial charge in [-0.15, -0.1) is 0 Å². The average molecular weight is 446 g/mol. The minimum absolute atomic E-state index is 0.00203. The molecule has 1 aromatic carbocycles. The lowest BCUT2D eigenvalue weighted by Gasteiger charge is -2.42. The van der Waals surface area contributed by atoms with E-state index in [0.29, 0.717) is 39.1 Å². The number of β-amino-alcohol motifs (C(OH)–C–C–N with tert-alkyl or cyclic N) is 1. The molecule has 3 N–H and O–H groups in total. The number of hydrogen-bond donors (Lipinski definition) is 3. The fourth-order valence-corrected chi connectivity index (χ4v) is 4.73. The predicted octanol–water partition coefficient (Wildman–Crippen LogP) is 1.08. The Labute approximate surface area is 187 Å². The van der Waals surface area contributed by atoms with Crippen molar-refractivity contribution in [3.8, 4) is 0 Å². The van der Waals surface area contributed by atoms with Crippen molar-refractivity contribution < 1.29 is 29.0 Å². The van der Waals surface area contributed by atoms with Gasteiger partial charge in [-0.25, -0.2) is 0 Å². The Morgan fingerprint density at radius 1 is 1.31 bits per heavy atom. The molecule has 9 heteroatoms. The standard InChI is InChI=1S/C22H29N3O4.CH2O2/c1-15-8-16(2)21-17(12-29-18(21)9-15)10-20(27)25-6-3-4-22(28,14-25)13-24-7-5-23-19(26)11-24;2-1-3/h8-9,12,28H,3-7,10-11,13-14H2,1-2H3,(H,23,26);1H,(H,2,3). The first-order valence-electron chi connectivity index (χ1n) is 10.8. The van der Waals surface area contributed by atoms with E-state index >= 15 is 0 Å². The Morgan fingerprint density at radius 2 is 2.06 bits per heavy atom. The minimum atomic E-state index is -0.975. The van der Waals surface area contributed by atoms with Gasteiger partial charge < -0.3 is 24.8 Å². The lowest BCUT2D eigenvalue weighted by molar-refractivity contribution is -0.140. The number of aryl methyl sites for hydroxylation is 2. The molecule has 0 aliphatic carbocycles. The summed E-state index contributed by atoms with van der Waals surface area (Å²) in [5, 5.41) is 21.8. The van der Waals surface area contributed by atoms with E-state index in [4.69, 9.17) is 14.3 Å². The van der Waals surface area contributed by atoms with Gasteiger partial charge in [-0.3, -0.25) is 19.3 Å². The van der Waals surface area contributed by atoms with Crippen LogP contribution in [0.3, 0.4) is 0 Å². The molecule has 0 bridgehead atoms. The fourth-order valence-electron chi connectivity index (χ4n) is 4.73. The van der Waals surface area contributed by atoms with Crippen molar-refractivity contribution in [3.63, 3.8) is 0 Å². The van der Waals surface area contributed by atoms with E-state index < -0.39 is 5.60 Å². The summed E-state index contributed by atoms with van der Waals surface area (Å²) in [6.07, 6.45) is 3.34. The van der Waals surface area contributed by atoms with Gasteiger partial charge in [-0.05, 0) is 43.9 Å². The number of furan rings is 1. The molecule has 0 saturated carbocycles. The van der Waals surface area contributed by atoms with E-state index in [1.54, 1.807) is 11.2 Å². The molecule has 1 aromatic heterocycles. The predicted molar refractivity (Wildman–Crippen MR) is 118 cm³/mol. The summed E-state index contributed by atoms with van der Waals surface area (Å²) in [7, 11) is 0. The van der Waals surface area contributed by atoms with Crippen molar-refractivity contribution in [2.24, 2.45) is 0 Å². The number of carbonyl (C=O) groups is 3. The molecule has 3 heterocycles. The number of benzene rings is 1. The lowest BCUT2D eigenvalue weighted by atomic mass is 9.91. The molecule has 4 rings (SSSR count). The molecule has 2 amide bonds. The van der Waals surface area contributed by atoms with Crippen LogP contribution in [0.2, 0.25) is 0 Å². The van der Waals surface area contributed by atoms with Crippen molar-refractivity contribution in [1.29, 1.82) is 0 Å². The molecule has 1 unspecified atom stereocenters. The van der Waals surface area contributed by atoms with Gasteiger partial charge in [0.05, 0.1) is 31.4 Å². The third-order valence-corrected chi connectivity index (χ3v) is 5.98. The maximum absolute atomic E-state index is 13.0. The highest BCUT2D eigenvalue weighted by molar-refractivity contribution is 5.90. The summed E-state index contributed by atoms with van der Waals surface area (Å²) in [5.74, 6) is -0.0109. The van der Waals surface area contributed by atoms with Gasteiger partial charge in [0.2, 0.25) is 11.8 Å². The number of amides is 2. The van der Waals surface area contributed by atoms with Crippen molar-refractivity contribution in [2.45, 2.75) is 38.7 Å². The van der Waals surface area contributed by atoms with Crippen molar-refractivity contribution in [3.05, 3.63) is 35.1 Å². The number of fused-ring (bicyclic) bond motifs is 1. The quantitative estimate of drug-likeness (QED) is 0.602. The van der Waals surface area contributed by atoms with Crippen LogP contribution in [0.1, 0.15) is 29.5 Å². The first kappa shape index (κ1) is 23.7. The van der Waals surface area contributed by atoms with E-state index in [2.05, 4.69) is 11.4 Å². The van der Waals surface area contributed by atoms with E-state index in [-0.39, 0.29) is 24.7 Å². The molecule has 2 aliphatic heterocycles. The number of rotatable bonds is 4. The number of piperazine rings is 1. The molecule has 174 valence electrons. The highest BCUT2D eigenvalue weighted by Crippen LogP contribution is 2.28. The Kier molecular flexibility index (Phi) is 7.52. The summed E-state index contributed by atoms with van der Waals surface area (Å²) in [6.45, 7) is 6.81. The smallest absolute Gasteiger partial charge is 0.290 e. The topological polar surface area (TPSA) is 123 Å². The highest BCUT2D eigenvalue weighted by Gasteiger charge is 2.37. The van der Waals surface area contributed by atoms with E-state index in [1.165, 1.54) is 0 Å². The van der Waals surface area contributed by atoms with Crippen LogP contribution in [0.4, 0.5) is 0 Å². The maximum atomic E-state index is 13.0. The van der Waals surface area contributed by atoms with Gasteiger partial charge in [-0.1, -0.05) is 6.07 Å². The molecule has 9 nitrogen and oxygen atoms in total. The normalized spacial score (nSPS) is 21.6. The second-order valence-electron chi connectivity index (χ2n) is 8.70. The van der Waals surface area contributed by atoms with Crippen molar-refractivity contribution in [1.82, 2.24) is 15.1 Å². The molecule has 2 aliphatic rings. The maximum Gasteiger partial charge on any atom is 0.290 e. The second-order valence-corrected chi connectivity index (χ2v) is 8.70. The zero-order valence-electron chi connectivity index (χ0n) is 18.6. The van der Waals surface area contributed by atoms with Gasteiger partial charge in [0, 0.05) is 37.1 Å². The molecule has 0 spiro atoms. The van der Waals surface area contributed by atoms with Crippen LogP contribution in [-0.4, -0.2) is 83.2 Å². The van der Waals surface area contributed by atoms with E-state index in [0.717, 1.165) is 40.6 Å². The van der Waals surface area contributed by atoms with Gasteiger partial charge in [0.1, 0.15) is 5.58 Å². The number of carbonyl (C=O) groups excluding carboxylic acids is 2. The first-order valence-corrected chi connectivity index (χ1v) is 10.8. The first-order chi connectivity index (χ1) is 15.2. The summed E-state index contributed by atoms with van der Waals surface area (Å²) >= 11 is 0. The second kappa shape index (κ2) is 10.1. The molecular weight excluding hydrogens is 414 g/mol. The van der Waals surface area contributed by atoms with Crippen LogP contribution >= 0.6 is 0 Å². The van der Waals surface area contributed by atoms with Gasteiger partial charge >= 0.3 is 0 Å². The van der Waals surface area contributed by atoms with Crippen molar-refractivity contribution >= 4 is 29.3 Å². The monoisotopic (exact) mass is 445 g/mol. The molecular formula is C23H31N3O6. The molecule has 0 radical (unpaired) electrons. The fraction of sp³-hybridized carbons (Fsp3) is 0.522. The lowest BCUT2D eigenvalue weighted by Crippen LogP contribution is -2.59. The van der Waals surface area contributed by atoms with Crippen LogP contribution in [0, 0.1) is 13.8 Å². The van der Waals surface area contributed by atoms with Crippen LogP contribution in [0.5, 0.6) is 0 Å². The highest BCUT2D eigenvalue weighted by atomic mass is 16.3. The molecule has 2 fully saturated rings. The van der Waals surface area contributed by atoms with Gasteiger partial charge in [0.25, 0.3) is 6.47 Å². The summed E-state index contributed by atoms with van der Waals surface area (Å²) in [6, 6.07) is 4.09. The number of likely N-dealkylation sites (tertiary alicyclic amines) is 1. The Morgan fingerprint density at radius 3 is 2.78 bits per heavy atom. The minimum Gasteiger partial charge on any atom is -0.483 e. The molecule has 1 atom stereocenters. The van der Waals surface area contributed by atoms with Crippen LogP contribution in [0.25, 0.3) is 11.0 Å². The Bertz CT molecular complexity index is 988. The number of hydrogen-bond acceptors (Lipinski definition) is 6. The molecule has 32 heavy (non-hydrogen) atoms. The molecule has 2 saturated heterocycles. The summed E-state index contributed by atoms with van der Waals surface area (Å²) in [4.78, 5) is 36.7. The number of aliphatic hydroxyl groups is 1. The Balaban J connectivity index is 0.000000913. The van der Waals surface area contributed by atoms with Gasteiger partial charge in [0.15, 0.2) is 0 Å². The molecule has 2 aromatic rings. The zero-order chi connectivity index (χ0) is 23.3. The summed E-state index contributed by atoms with van der Waals surface area (Å²) in [5.41, 5.74) is 2.97. The largest absolute Gasteiger partial charge is 0.483 e. The SMILES string of the molecule is Cc1cc(C)c2c(CC(=O)N3CCCC(O)(CN4CCNC(=O)C4)C3)coc2c1.O=CO. The van der Waals surface area contributed by atoms with Crippen molar-refractivity contribution in [2.75, 3.05) is 39.3 Å². The summed E-state index contributed by atoms with van der Waals surface area (Å²) < 4.78 is 5.69. The third kappa shape index (κ3) is 5.66. The Hall–Kier alpha value is -2.91. The third-order valence-electron chi connectivity index (χ3n) is 5.98. The average Bonchev–Trinajstić information content (AvgIpc) is 3.11. The number of nitrogens with zero attached hydrogens (tertiary/aromatic N) is 2.